The van der Waals surface area contributed by atoms with E-state index < -0.39 is 0 Å². The molecular formula is C11H13N3. The zero-order chi connectivity index (χ0) is 9.80. The molecule has 0 atom stereocenters. The normalized spacial score (nSPS) is 10.3. The molecule has 2 N–H and O–H groups in total. The van der Waals surface area contributed by atoms with Gasteiger partial charge in [-0.1, -0.05) is 18.2 Å². The number of aryl methyl sites for hydroxylation is 2. The van der Waals surface area contributed by atoms with Gasteiger partial charge in [0.05, 0.1) is 6.33 Å². The minimum Gasteiger partial charge on any atom is -0.399 e. The number of imidazole rings is 1. The van der Waals surface area contributed by atoms with E-state index in [0.717, 1.165) is 18.7 Å². The highest BCUT2D eigenvalue weighted by molar-refractivity contribution is 5.46. The van der Waals surface area contributed by atoms with E-state index in [2.05, 4.69) is 11.1 Å². The van der Waals surface area contributed by atoms with Crippen LogP contribution in [0.4, 0.5) is 5.69 Å². The van der Waals surface area contributed by atoms with Crippen LogP contribution in [0.2, 0.25) is 0 Å². The summed E-state index contributed by atoms with van der Waals surface area (Å²) in [5.41, 5.74) is 7.90. The van der Waals surface area contributed by atoms with Crippen molar-refractivity contribution in [2.24, 2.45) is 0 Å². The van der Waals surface area contributed by atoms with Crippen LogP contribution >= 0.6 is 0 Å². The van der Waals surface area contributed by atoms with Crippen LogP contribution in [0.1, 0.15) is 5.56 Å². The molecule has 72 valence electrons. The number of hydrogen-bond donors (Lipinski definition) is 1. The fourth-order valence-corrected chi connectivity index (χ4v) is 1.43. The molecule has 3 heteroatoms. The number of nitrogen functional groups attached to an aromatic ring is 1. The van der Waals surface area contributed by atoms with Gasteiger partial charge in [-0.3, -0.25) is 0 Å². The molecule has 0 radical (unpaired) electrons. The molecule has 1 heterocycles. The van der Waals surface area contributed by atoms with E-state index in [1.54, 1.807) is 6.20 Å². The average molecular weight is 187 g/mol. The fraction of sp³-hybridized carbons (Fsp3) is 0.182. The Morgan fingerprint density at radius 2 is 2.14 bits per heavy atom. The lowest BCUT2D eigenvalue weighted by molar-refractivity contribution is 0.696. The van der Waals surface area contributed by atoms with Gasteiger partial charge in [-0.15, -0.1) is 0 Å². The van der Waals surface area contributed by atoms with Gasteiger partial charge in [0.25, 0.3) is 0 Å². The van der Waals surface area contributed by atoms with Crippen LogP contribution in [0.25, 0.3) is 0 Å². The van der Waals surface area contributed by atoms with Crippen molar-refractivity contribution in [2.75, 3.05) is 5.73 Å². The third-order valence-electron chi connectivity index (χ3n) is 2.25. The summed E-state index contributed by atoms with van der Waals surface area (Å²) >= 11 is 0. The molecular weight excluding hydrogens is 174 g/mol. The van der Waals surface area contributed by atoms with Crippen LogP contribution in [-0.2, 0) is 13.0 Å². The molecule has 0 fully saturated rings. The lowest BCUT2D eigenvalue weighted by Gasteiger charge is -2.05. The maximum absolute atomic E-state index is 5.84. The molecule has 1 aromatic carbocycles. The van der Waals surface area contributed by atoms with Crippen LogP contribution in [-0.4, -0.2) is 9.55 Å². The second-order valence-corrected chi connectivity index (χ2v) is 3.25. The van der Waals surface area contributed by atoms with Gasteiger partial charge in [-0.25, -0.2) is 4.98 Å². The molecule has 3 nitrogen and oxygen atoms in total. The van der Waals surface area contributed by atoms with E-state index in [1.165, 1.54) is 5.56 Å². The first kappa shape index (κ1) is 8.81. The maximum atomic E-state index is 5.84. The van der Waals surface area contributed by atoms with Gasteiger partial charge in [-0.05, 0) is 18.1 Å². The van der Waals surface area contributed by atoms with Gasteiger partial charge >= 0.3 is 0 Å². The lowest BCUT2D eigenvalue weighted by atomic mass is 10.1. The molecule has 0 saturated heterocycles. The Kier molecular flexibility index (Phi) is 2.49. The molecule has 1 aromatic heterocycles. The Balaban J connectivity index is 2.02. The van der Waals surface area contributed by atoms with Crippen LogP contribution < -0.4 is 5.73 Å². The molecule has 0 unspecified atom stereocenters. The van der Waals surface area contributed by atoms with Gasteiger partial charge in [0.15, 0.2) is 0 Å². The average Bonchev–Trinajstić information content (AvgIpc) is 2.69. The Bertz CT molecular complexity index is 393. The smallest absolute Gasteiger partial charge is 0.0946 e. The second kappa shape index (κ2) is 3.96. The first-order valence-electron chi connectivity index (χ1n) is 4.65. The molecule has 2 rings (SSSR count). The second-order valence-electron chi connectivity index (χ2n) is 3.25. The topological polar surface area (TPSA) is 43.8 Å². The quantitative estimate of drug-likeness (QED) is 0.743. The number of para-hydroxylation sites is 1. The van der Waals surface area contributed by atoms with Gasteiger partial charge in [0, 0.05) is 24.6 Å². The van der Waals surface area contributed by atoms with Crippen molar-refractivity contribution < 1.29 is 0 Å². The largest absolute Gasteiger partial charge is 0.399 e. The molecule has 0 bridgehead atoms. The van der Waals surface area contributed by atoms with Crippen molar-refractivity contribution in [1.29, 1.82) is 0 Å². The summed E-state index contributed by atoms with van der Waals surface area (Å²) in [7, 11) is 0. The Labute approximate surface area is 83.2 Å². The first-order chi connectivity index (χ1) is 6.86. The number of hydrogen-bond acceptors (Lipinski definition) is 2. The summed E-state index contributed by atoms with van der Waals surface area (Å²) in [6, 6.07) is 7.96. The van der Waals surface area contributed by atoms with E-state index in [4.69, 9.17) is 5.73 Å². The summed E-state index contributed by atoms with van der Waals surface area (Å²) < 4.78 is 2.05. The number of aromatic nitrogens is 2. The van der Waals surface area contributed by atoms with Crippen molar-refractivity contribution in [3.05, 3.63) is 48.5 Å². The zero-order valence-electron chi connectivity index (χ0n) is 7.93. The standard InChI is InChI=1S/C11H13N3/c12-11-4-2-1-3-10(11)5-7-14-8-6-13-9-14/h1-4,6,8-9H,5,7,12H2. The number of anilines is 1. The molecule has 0 spiro atoms. The Morgan fingerprint density at radius 3 is 2.86 bits per heavy atom. The van der Waals surface area contributed by atoms with Gasteiger partial charge < -0.3 is 10.3 Å². The molecule has 14 heavy (non-hydrogen) atoms. The highest BCUT2D eigenvalue weighted by atomic mass is 15.0. The molecule has 0 aliphatic heterocycles. The molecule has 0 aliphatic rings. The van der Waals surface area contributed by atoms with Crippen molar-refractivity contribution in [3.63, 3.8) is 0 Å². The van der Waals surface area contributed by atoms with E-state index in [0.29, 0.717) is 0 Å². The number of benzene rings is 1. The lowest BCUT2D eigenvalue weighted by Crippen LogP contribution is -2.01. The maximum Gasteiger partial charge on any atom is 0.0946 e. The number of nitrogens with zero attached hydrogens (tertiary/aromatic N) is 2. The molecule has 0 aliphatic carbocycles. The first-order valence-corrected chi connectivity index (χ1v) is 4.65. The minimum atomic E-state index is 0.868. The molecule has 0 amide bonds. The van der Waals surface area contributed by atoms with E-state index in [-0.39, 0.29) is 0 Å². The molecule has 2 aromatic rings. The van der Waals surface area contributed by atoms with Crippen LogP contribution in [0.5, 0.6) is 0 Å². The fourth-order valence-electron chi connectivity index (χ4n) is 1.43. The van der Waals surface area contributed by atoms with Crippen LogP contribution in [0.15, 0.2) is 43.0 Å². The predicted octanol–water partition coefficient (Wildman–Crippen LogP) is 1.71. The van der Waals surface area contributed by atoms with E-state index in [9.17, 15) is 0 Å². The summed E-state index contributed by atoms with van der Waals surface area (Å²) in [6.07, 6.45) is 6.51. The summed E-state index contributed by atoms with van der Waals surface area (Å²) in [5, 5.41) is 0. The van der Waals surface area contributed by atoms with Crippen LogP contribution in [0.3, 0.4) is 0 Å². The van der Waals surface area contributed by atoms with Crippen molar-refractivity contribution in [3.8, 4) is 0 Å². The van der Waals surface area contributed by atoms with Gasteiger partial charge in [0.1, 0.15) is 0 Å². The summed E-state index contributed by atoms with van der Waals surface area (Å²) in [5.74, 6) is 0. The highest BCUT2D eigenvalue weighted by Gasteiger charge is 1.97. The Hall–Kier alpha value is -1.77. The third-order valence-corrected chi connectivity index (χ3v) is 2.25. The van der Waals surface area contributed by atoms with Gasteiger partial charge in [0.2, 0.25) is 0 Å². The summed E-state index contributed by atoms with van der Waals surface area (Å²) in [6.45, 7) is 0.925. The third kappa shape index (κ3) is 1.93. The van der Waals surface area contributed by atoms with E-state index in [1.807, 2.05) is 35.3 Å². The van der Waals surface area contributed by atoms with E-state index >= 15 is 0 Å². The van der Waals surface area contributed by atoms with Crippen molar-refractivity contribution >= 4 is 5.69 Å². The number of rotatable bonds is 3. The van der Waals surface area contributed by atoms with Crippen molar-refractivity contribution in [1.82, 2.24) is 9.55 Å². The Morgan fingerprint density at radius 1 is 1.29 bits per heavy atom. The van der Waals surface area contributed by atoms with Gasteiger partial charge in [-0.2, -0.15) is 0 Å². The summed E-state index contributed by atoms with van der Waals surface area (Å²) in [4.78, 5) is 3.99. The predicted molar refractivity (Wildman–Crippen MR) is 56.8 cm³/mol. The van der Waals surface area contributed by atoms with Crippen molar-refractivity contribution in [2.45, 2.75) is 13.0 Å². The zero-order valence-corrected chi connectivity index (χ0v) is 7.93. The number of nitrogens with two attached hydrogens (primary N) is 1. The monoisotopic (exact) mass is 187 g/mol. The SMILES string of the molecule is Nc1ccccc1CCn1ccnc1. The minimum absolute atomic E-state index is 0.868. The molecule has 0 saturated carbocycles. The van der Waals surface area contributed by atoms with Crippen LogP contribution in [0, 0.1) is 0 Å². The highest BCUT2D eigenvalue weighted by Crippen LogP contribution is 2.11.